The molecule has 0 aromatic rings. The van der Waals surface area contributed by atoms with E-state index in [1.54, 1.807) is 0 Å². The predicted molar refractivity (Wildman–Crippen MR) is 50.9 cm³/mol. The zero-order valence-corrected chi connectivity index (χ0v) is 8.10. The average Bonchev–Trinajstić information content (AvgIpc) is 2.28. The van der Waals surface area contributed by atoms with Gasteiger partial charge in [0.25, 0.3) is 0 Å². The topological polar surface area (TPSA) is 61.4 Å². The largest absolute Gasteiger partial charge is 0.465 e. The van der Waals surface area contributed by atoms with Crippen molar-refractivity contribution in [3.05, 3.63) is 0 Å². The van der Waals surface area contributed by atoms with E-state index >= 15 is 0 Å². The van der Waals surface area contributed by atoms with Crippen LogP contribution in [0.2, 0.25) is 0 Å². The van der Waals surface area contributed by atoms with Crippen molar-refractivity contribution in [2.24, 2.45) is 5.41 Å². The van der Waals surface area contributed by atoms with Crippen LogP contribution < -0.4 is 10.6 Å². The molecule has 0 aromatic carbocycles. The highest BCUT2D eigenvalue weighted by molar-refractivity contribution is 5.64. The van der Waals surface area contributed by atoms with Crippen LogP contribution in [0.4, 0.5) is 4.79 Å². The third-order valence-corrected chi connectivity index (χ3v) is 2.71. The molecule has 1 fully saturated rings. The van der Waals surface area contributed by atoms with Gasteiger partial charge in [0.2, 0.25) is 0 Å². The van der Waals surface area contributed by atoms with E-state index in [2.05, 4.69) is 17.6 Å². The highest BCUT2D eigenvalue weighted by atomic mass is 16.4. The lowest BCUT2D eigenvalue weighted by atomic mass is 9.83. The molecule has 1 heterocycles. The number of nitrogens with one attached hydrogen (secondary N) is 2. The maximum absolute atomic E-state index is 10.3. The van der Waals surface area contributed by atoms with Crippen LogP contribution in [0, 0.1) is 5.41 Å². The second kappa shape index (κ2) is 4.46. The number of carboxylic acid groups (broad SMARTS) is 1. The highest BCUT2D eigenvalue weighted by Crippen LogP contribution is 2.27. The molecule has 0 bridgehead atoms. The molecule has 4 heteroatoms. The molecule has 1 atom stereocenters. The van der Waals surface area contributed by atoms with Gasteiger partial charge in [0, 0.05) is 6.54 Å². The Labute approximate surface area is 78.7 Å². The Kier molecular flexibility index (Phi) is 3.54. The Morgan fingerprint density at radius 3 is 3.00 bits per heavy atom. The number of hydrogen-bond donors (Lipinski definition) is 3. The molecule has 1 saturated heterocycles. The van der Waals surface area contributed by atoms with Gasteiger partial charge >= 0.3 is 6.09 Å². The molecule has 0 spiro atoms. The minimum atomic E-state index is -0.918. The predicted octanol–water partition coefficient (Wildman–Crippen LogP) is 1.03. The summed E-state index contributed by atoms with van der Waals surface area (Å²) in [5.41, 5.74) is 0.141. The lowest BCUT2D eigenvalue weighted by molar-refractivity contribution is 0.183. The molecule has 0 aromatic heterocycles. The molecule has 1 aliphatic heterocycles. The second-order valence-corrected chi connectivity index (χ2v) is 4.07. The van der Waals surface area contributed by atoms with Crippen molar-refractivity contribution in [1.82, 2.24) is 10.6 Å². The van der Waals surface area contributed by atoms with Gasteiger partial charge in [0.05, 0.1) is 0 Å². The summed E-state index contributed by atoms with van der Waals surface area (Å²) in [7, 11) is 0. The van der Waals surface area contributed by atoms with Crippen LogP contribution in [-0.2, 0) is 0 Å². The molecule has 76 valence electrons. The minimum Gasteiger partial charge on any atom is -0.465 e. The fraction of sp³-hybridized carbons (Fsp3) is 0.889. The van der Waals surface area contributed by atoms with E-state index in [0.717, 1.165) is 32.4 Å². The minimum absolute atomic E-state index is 0.141. The summed E-state index contributed by atoms with van der Waals surface area (Å²) in [6.07, 6.45) is 2.36. The lowest BCUT2D eigenvalue weighted by Crippen LogP contribution is -2.35. The molecular formula is C9H18N2O2. The van der Waals surface area contributed by atoms with E-state index in [4.69, 9.17) is 5.11 Å². The maximum atomic E-state index is 10.3. The quantitative estimate of drug-likeness (QED) is 0.603. The van der Waals surface area contributed by atoms with Crippen molar-refractivity contribution in [1.29, 1.82) is 0 Å². The zero-order chi connectivity index (χ0) is 9.73. The van der Waals surface area contributed by atoms with E-state index in [9.17, 15) is 4.79 Å². The van der Waals surface area contributed by atoms with Crippen LogP contribution in [0.25, 0.3) is 0 Å². The fourth-order valence-corrected chi connectivity index (χ4v) is 1.75. The first-order chi connectivity index (χ1) is 6.12. The van der Waals surface area contributed by atoms with Crippen molar-refractivity contribution in [2.45, 2.75) is 26.2 Å². The Hall–Kier alpha value is -0.770. The van der Waals surface area contributed by atoms with Crippen LogP contribution in [0.15, 0.2) is 0 Å². The monoisotopic (exact) mass is 186 g/mol. The fourth-order valence-electron chi connectivity index (χ4n) is 1.75. The van der Waals surface area contributed by atoms with E-state index in [0.29, 0.717) is 6.54 Å². The van der Waals surface area contributed by atoms with Crippen molar-refractivity contribution < 1.29 is 9.90 Å². The summed E-state index contributed by atoms with van der Waals surface area (Å²) < 4.78 is 0. The van der Waals surface area contributed by atoms with Gasteiger partial charge < -0.3 is 15.7 Å². The zero-order valence-electron chi connectivity index (χ0n) is 8.10. The van der Waals surface area contributed by atoms with E-state index in [-0.39, 0.29) is 5.41 Å². The van der Waals surface area contributed by atoms with Crippen LogP contribution in [0.5, 0.6) is 0 Å². The first kappa shape index (κ1) is 10.3. The first-order valence-corrected chi connectivity index (χ1v) is 4.80. The van der Waals surface area contributed by atoms with Crippen LogP contribution >= 0.6 is 0 Å². The number of rotatable bonds is 2. The average molecular weight is 186 g/mol. The lowest BCUT2D eigenvalue weighted by Gasteiger charge is -2.27. The van der Waals surface area contributed by atoms with Gasteiger partial charge in [0.15, 0.2) is 0 Å². The first-order valence-electron chi connectivity index (χ1n) is 4.80. The summed E-state index contributed by atoms with van der Waals surface area (Å²) in [5, 5.41) is 14.3. The molecule has 0 aliphatic carbocycles. The van der Waals surface area contributed by atoms with Gasteiger partial charge in [-0.1, -0.05) is 6.92 Å². The van der Waals surface area contributed by atoms with Crippen LogP contribution in [0.1, 0.15) is 26.2 Å². The highest BCUT2D eigenvalue weighted by Gasteiger charge is 2.25. The molecule has 1 aliphatic rings. The number of amides is 1. The maximum Gasteiger partial charge on any atom is 0.404 e. The van der Waals surface area contributed by atoms with Gasteiger partial charge in [-0.25, -0.2) is 4.79 Å². The Bertz CT molecular complexity index is 174. The molecular weight excluding hydrogens is 168 g/mol. The van der Waals surface area contributed by atoms with E-state index in [1.807, 2.05) is 0 Å². The van der Waals surface area contributed by atoms with Gasteiger partial charge in [-0.3, -0.25) is 0 Å². The standard InChI is InChI=1S/C9H18N2O2/c1-9(7-11-8(12)13)3-2-5-10-6-4-9/h10-11H,2-7H2,1H3,(H,12,13). The van der Waals surface area contributed by atoms with E-state index < -0.39 is 6.09 Å². The Morgan fingerprint density at radius 1 is 1.54 bits per heavy atom. The summed E-state index contributed by atoms with van der Waals surface area (Å²) >= 11 is 0. The van der Waals surface area contributed by atoms with Crippen LogP contribution in [0.3, 0.4) is 0 Å². The normalized spacial score (nSPS) is 29.3. The molecule has 1 unspecified atom stereocenters. The van der Waals surface area contributed by atoms with Gasteiger partial charge in [-0.15, -0.1) is 0 Å². The molecule has 0 radical (unpaired) electrons. The Morgan fingerprint density at radius 2 is 2.31 bits per heavy atom. The number of carbonyl (C=O) groups is 1. The summed E-state index contributed by atoms with van der Waals surface area (Å²) in [5.74, 6) is 0. The number of hydrogen-bond acceptors (Lipinski definition) is 2. The van der Waals surface area contributed by atoms with Crippen LogP contribution in [-0.4, -0.2) is 30.8 Å². The summed E-state index contributed by atoms with van der Waals surface area (Å²) in [6, 6.07) is 0. The SMILES string of the molecule is CC1(CNC(=O)O)CCCNCC1. The third-order valence-electron chi connectivity index (χ3n) is 2.71. The van der Waals surface area contributed by atoms with E-state index in [1.165, 1.54) is 0 Å². The summed E-state index contributed by atoms with van der Waals surface area (Å²) in [6.45, 7) is 4.78. The molecule has 4 nitrogen and oxygen atoms in total. The molecule has 1 rings (SSSR count). The summed E-state index contributed by atoms with van der Waals surface area (Å²) in [4.78, 5) is 10.3. The van der Waals surface area contributed by atoms with Crippen molar-refractivity contribution in [3.63, 3.8) is 0 Å². The van der Waals surface area contributed by atoms with Gasteiger partial charge in [0.1, 0.15) is 0 Å². The van der Waals surface area contributed by atoms with Crippen molar-refractivity contribution in [3.8, 4) is 0 Å². The van der Waals surface area contributed by atoms with Crippen molar-refractivity contribution in [2.75, 3.05) is 19.6 Å². The molecule has 1 amide bonds. The van der Waals surface area contributed by atoms with Gasteiger partial charge in [-0.2, -0.15) is 0 Å². The molecule has 13 heavy (non-hydrogen) atoms. The molecule has 0 saturated carbocycles. The van der Waals surface area contributed by atoms with Gasteiger partial charge in [-0.05, 0) is 37.8 Å². The van der Waals surface area contributed by atoms with Crippen molar-refractivity contribution >= 4 is 6.09 Å². The second-order valence-electron chi connectivity index (χ2n) is 4.07. The third kappa shape index (κ3) is 3.63. The smallest absolute Gasteiger partial charge is 0.404 e. The molecule has 3 N–H and O–H groups in total. The Balaban J connectivity index is 2.37.